The molecule has 0 radical (unpaired) electrons. The summed E-state index contributed by atoms with van der Waals surface area (Å²) in [4.78, 5) is 12.8. The van der Waals surface area contributed by atoms with Crippen LogP contribution in [0.25, 0.3) is 0 Å². The molecular weight excluding hydrogens is 512 g/mol. The van der Waals surface area contributed by atoms with E-state index in [1.165, 1.54) is 24.3 Å². The van der Waals surface area contributed by atoms with E-state index in [1.54, 1.807) is 0 Å². The fraction of sp³-hybridized carbons (Fsp3) is 0.208. The van der Waals surface area contributed by atoms with Crippen molar-refractivity contribution in [2.45, 2.75) is 31.2 Å². The summed E-state index contributed by atoms with van der Waals surface area (Å²) in [5.41, 5.74) is 2.54. The number of hydrogen-bond acceptors (Lipinski definition) is 3. The summed E-state index contributed by atoms with van der Waals surface area (Å²) in [6, 6.07) is 20.7. The molecule has 5 nitrogen and oxygen atoms in total. The van der Waals surface area contributed by atoms with Crippen LogP contribution in [-0.4, -0.2) is 25.2 Å². The highest BCUT2D eigenvalue weighted by Gasteiger charge is 2.27. The summed E-state index contributed by atoms with van der Waals surface area (Å²) >= 11 is 9.29. The predicted octanol–water partition coefficient (Wildman–Crippen LogP) is 6.06. The quantitative estimate of drug-likeness (QED) is 0.381. The molecule has 1 amide bonds. The third kappa shape index (κ3) is 6.42. The molecule has 0 aliphatic carbocycles. The van der Waals surface area contributed by atoms with E-state index >= 15 is 0 Å². The number of sulfonamides is 1. The van der Waals surface area contributed by atoms with Gasteiger partial charge >= 0.3 is 0 Å². The first-order valence-electron chi connectivity index (χ1n) is 10.0. The van der Waals surface area contributed by atoms with Crippen LogP contribution in [0, 0.1) is 0 Å². The second kappa shape index (κ2) is 10.6. The van der Waals surface area contributed by atoms with Crippen LogP contribution in [-0.2, 0) is 21.4 Å². The number of anilines is 1. The van der Waals surface area contributed by atoms with Crippen molar-refractivity contribution in [2.24, 2.45) is 0 Å². The van der Waals surface area contributed by atoms with Gasteiger partial charge in [0.2, 0.25) is 15.9 Å². The van der Waals surface area contributed by atoms with Crippen LogP contribution >= 0.6 is 27.5 Å². The molecule has 0 bridgehead atoms. The van der Waals surface area contributed by atoms with E-state index in [-0.39, 0.29) is 18.0 Å². The van der Waals surface area contributed by atoms with Gasteiger partial charge in [-0.15, -0.1) is 0 Å². The Hall–Kier alpha value is -2.19. The van der Waals surface area contributed by atoms with E-state index in [9.17, 15) is 13.2 Å². The number of hydrogen-bond donors (Lipinski definition) is 1. The Morgan fingerprint density at radius 2 is 1.56 bits per heavy atom. The Bertz CT molecular complexity index is 1160. The van der Waals surface area contributed by atoms with E-state index < -0.39 is 15.9 Å². The zero-order valence-electron chi connectivity index (χ0n) is 17.8. The Balaban J connectivity index is 1.83. The molecule has 0 spiro atoms. The third-order valence-corrected chi connectivity index (χ3v) is 7.49. The summed E-state index contributed by atoms with van der Waals surface area (Å²) in [6.07, 6.45) is 0. The average molecular weight is 536 g/mol. The lowest BCUT2D eigenvalue weighted by Gasteiger charge is -2.22. The fourth-order valence-electron chi connectivity index (χ4n) is 3.09. The van der Waals surface area contributed by atoms with Crippen LogP contribution in [0.3, 0.4) is 0 Å². The fourth-order valence-corrected chi connectivity index (χ4v) is 4.86. The molecule has 32 heavy (non-hydrogen) atoms. The molecule has 8 heteroatoms. The summed E-state index contributed by atoms with van der Waals surface area (Å²) in [5, 5.41) is 3.23. The first kappa shape index (κ1) is 24.5. The van der Waals surface area contributed by atoms with E-state index in [2.05, 4.69) is 35.1 Å². The van der Waals surface area contributed by atoms with Gasteiger partial charge in [-0.2, -0.15) is 4.31 Å². The van der Waals surface area contributed by atoms with Crippen molar-refractivity contribution in [1.82, 2.24) is 4.31 Å². The minimum absolute atomic E-state index is 0.0535. The van der Waals surface area contributed by atoms with Crippen LogP contribution in [0.5, 0.6) is 0 Å². The Morgan fingerprint density at radius 1 is 0.969 bits per heavy atom. The second-order valence-corrected chi connectivity index (χ2v) is 11.0. The lowest BCUT2D eigenvalue weighted by atomic mass is 10.0. The summed E-state index contributed by atoms with van der Waals surface area (Å²) in [6.45, 7) is 3.91. The largest absolute Gasteiger partial charge is 0.325 e. The Labute approximate surface area is 202 Å². The van der Waals surface area contributed by atoms with E-state index in [1.807, 2.05) is 48.5 Å². The van der Waals surface area contributed by atoms with Gasteiger partial charge in [0.15, 0.2) is 0 Å². The number of carbonyl (C=O) groups excluding carboxylic acids is 1. The molecule has 3 aromatic rings. The molecule has 0 saturated carbocycles. The van der Waals surface area contributed by atoms with Gasteiger partial charge in [0.25, 0.3) is 0 Å². The number of amides is 1. The zero-order chi connectivity index (χ0) is 23.3. The second-order valence-electron chi connectivity index (χ2n) is 7.68. The van der Waals surface area contributed by atoms with E-state index in [4.69, 9.17) is 11.6 Å². The van der Waals surface area contributed by atoms with Crippen LogP contribution in [0.2, 0.25) is 5.02 Å². The molecule has 0 fully saturated rings. The molecule has 168 valence electrons. The molecule has 0 unspecified atom stereocenters. The minimum atomic E-state index is -3.93. The van der Waals surface area contributed by atoms with Gasteiger partial charge in [-0.1, -0.05) is 65.6 Å². The maximum Gasteiger partial charge on any atom is 0.243 e. The Kier molecular flexibility index (Phi) is 8.11. The van der Waals surface area contributed by atoms with Gasteiger partial charge < -0.3 is 5.32 Å². The molecule has 0 atom stereocenters. The van der Waals surface area contributed by atoms with Crippen LogP contribution < -0.4 is 5.32 Å². The topological polar surface area (TPSA) is 66.5 Å². The number of carbonyl (C=O) groups is 1. The van der Waals surface area contributed by atoms with E-state index in [0.717, 1.165) is 19.9 Å². The zero-order valence-corrected chi connectivity index (χ0v) is 20.9. The smallest absolute Gasteiger partial charge is 0.243 e. The SMILES string of the molecule is CC(C)c1ccc(NC(=O)CN(Cc2ccc(Br)cc2)S(=O)(=O)c2ccc(Cl)cc2)cc1. The summed E-state index contributed by atoms with van der Waals surface area (Å²) < 4.78 is 28.7. The third-order valence-electron chi connectivity index (χ3n) is 4.90. The van der Waals surface area contributed by atoms with Crippen LogP contribution in [0.4, 0.5) is 5.69 Å². The molecular formula is C24H24BrClN2O3S. The number of nitrogens with one attached hydrogen (secondary N) is 1. The molecule has 3 rings (SSSR count). The number of benzene rings is 3. The minimum Gasteiger partial charge on any atom is -0.325 e. The molecule has 0 heterocycles. The van der Waals surface area contributed by atoms with Crippen LogP contribution in [0.1, 0.15) is 30.9 Å². The predicted molar refractivity (Wildman–Crippen MR) is 132 cm³/mol. The van der Waals surface area contributed by atoms with E-state index in [0.29, 0.717) is 16.6 Å². The van der Waals surface area contributed by atoms with Crippen molar-refractivity contribution in [2.75, 3.05) is 11.9 Å². The normalized spacial score (nSPS) is 11.7. The van der Waals surface area contributed by atoms with Gasteiger partial charge in [-0.25, -0.2) is 8.42 Å². The molecule has 0 aromatic heterocycles. The lowest BCUT2D eigenvalue weighted by molar-refractivity contribution is -0.116. The first-order chi connectivity index (χ1) is 15.1. The van der Waals surface area contributed by atoms with Gasteiger partial charge in [0.1, 0.15) is 0 Å². The summed E-state index contributed by atoms with van der Waals surface area (Å²) in [7, 11) is -3.93. The number of rotatable bonds is 8. The molecule has 0 saturated heterocycles. The van der Waals surface area contributed by atoms with Gasteiger partial charge in [0, 0.05) is 21.7 Å². The first-order valence-corrected chi connectivity index (χ1v) is 12.7. The van der Waals surface area contributed by atoms with Gasteiger partial charge in [-0.05, 0) is 65.6 Å². The van der Waals surface area contributed by atoms with Crippen molar-refractivity contribution < 1.29 is 13.2 Å². The van der Waals surface area contributed by atoms with Crippen molar-refractivity contribution in [3.63, 3.8) is 0 Å². The summed E-state index contributed by atoms with van der Waals surface area (Å²) in [5.74, 6) is -0.0392. The molecule has 1 N–H and O–H groups in total. The number of halogens is 2. The standard InChI is InChI=1S/C24H24BrClN2O3S/c1-17(2)19-5-11-22(12-6-19)27-24(29)16-28(15-18-3-7-20(25)8-4-18)32(30,31)23-13-9-21(26)10-14-23/h3-14,17H,15-16H2,1-2H3,(H,27,29). The van der Waals surface area contributed by atoms with Gasteiger partial charge in [0.05, 0.1) is 11.4 Å². The highest BCUT2D eigenvalue weighted by molar-refractivity contribution is 9.10. The molecule has 3 aromatic carbocycles. The van der Waals surface area contributed by atoms with Crippen molar-refractivity contribution >= 4 is 49.1 Å². The number of nitrogens with zero attached hydrogens (tertiary/aromatic N) is 1. The average Bonchev–Trinajstić information content (AvgIpc) is 2.75. The molecule has 0 aliphatic rings. The van der Waals surface area contributed by atoms with Gasteiger partial charge in [-0.3, -0.25) is 4.79 Å². The highest BCUT2D eigenvalue weighted by Crippen LogP contribution is 2.22. The van der Waals surface area contributed by atoms with Crippen LogP contribution in [0.15, 0.2) is 82.2 Å². The van der Waals surface area contributed by atoms with Crippen molar-refractivity contribution in [3.8, 4) is 0 Å². The highest BCUT2D eigenvalue weighted by atomic mass is 79.9. The maximum atomic E-state index is 13.3. The Morgan fingerprint density at radius 3 is 2.12 bits per heavy atom. The monoisotopic (exact) mass is 534 g/mol. The van der Waals surface area contributed by atoms with Crippen molar-refractivity contribution in [3.05, 3.63) is 93.4 Å². The van der Waals surface area contributed by atoms with Crippen molar-refractivity contribution in [1.29, 1.82) is 0 Å². The maximum absolute atomic E-state index is 13.3. The molecule has 0 aliphatic heterocycles. The lowest BCUT2D eigenvalue weighted by Crippen LogP contribution is -2.37.